The first-order valence-electron chi connectivity index (χ1n) is 11.7. The fourth-order valence-corrected chi connectivity index (χ4v) is 4.21. The normalized spacial score (nSPS) is 11.7. The van der Waals surface area contributed by atoms with Crippen molar-refractivity contribution < 1.29 is 32.6 Å². The number of nitrogens with zero attached hydrogens (tertiary/aromatic N) is 3. The highest BCUT2D eigenvalue weighted by Crippen LogP contribution is 2.37. The Balaban J connectivity index is 0.000000421. The number of carbonyl (C=O) groups excluding carboxylic acids is 3. The van der Waals surface area contributed by atoms with Crippen LogP contribution < -0.4 is 14.5 Å². The van der Waals surface area contributed by atoms with Crippen LogP contribution in [0.5, 0.6) is 5.75 Å². The summed E-state index contributed by atoms with van der Waals surface area (Å²) >= 11 is 6.06. The van der Waals surface area contributed by atoms with Crippen LogP contribution in [0.3, 0.4) is 0 Å². The van der Waals surface area contributed by atoms with Crippen LogP contribution in [0.15, 0.2) is 54.7 Å². The summed E-state index contributed by atoms with van der Waals surface area (Å²) in [6.45, 7) is 8.72. The summed E-state index contributed by atoms with van der Waals surface area (Å²) < 4.78 is 36.5. The van der Waals surface area contributed by atoms with E-state index < -0.39 is 5.66 Å². The molecule has 0 saturated carbocycles. The third-order valence-electron chi connectivity index (χ3n) is 5.50. The number of para-hydroxylation sites is 2. The molecule has 1 atom stereocenters. The molecule has 0 fully saturated rings. The van der Waals surface area contributed by atoms with E-state index >= 15 is 0 Å². The van der Waals surface area contributed by atoms with Gasteiger partial charge in [-0.05, 0) is 43.7 Å². The van der Waals surface area contributed by atoms with E-state index in [9.17, 15) is 13.6 Å². The summed E-state index contributed by atoms with van der Waals surface area (Å²) in [7, 11) is 4.97. The number of hydrogen-bond donors (Lipinski definition) is 0. The first-order chi connectivity index (χ1) is 19.0. The topological polar surface area (TPSA) is 89.0 Å². The smallest absolute Gasteiger partial charge is 0.284 e. The van der Waals surface area contributed by atoms with Gasteiger partial charge >= 0.3 is 0 Å². The molecule has 0 N–H and O–H groups in total. The molecule has 0 spiro atoms. The van der Waals surface area contributed by atoms with Gasteiger partial charge in [0.05, 0.1) is 22.9 Å². The van der Waals surface area contributed by atoms with Gasteiger partial charge < -0.3 is 28.9 Å². The summed E-state index contributed by atoms with van der Waals surface area (Å²) in [5, 5.41) is 0.465. The van der Waals surface area contributed by atoms with E-state index in [-0.39, 0.29) is 11.5 Å². The Labute approximate surface area is 240 Å². The van der Waals surface area contributed by atoms with E-state index in [0.717, 1.165) is 11.3 Å². The number of halogens is 3. The molecule has 2 heterocycles. The van der Waals surface area contributed by atoms with Crippen molar-refractivity contribution >= 4 is 51.7 Å². The quantitative estimate of drug-likeness (QED) is 0.277. The van der Waals surface area contributed by atoms with Gasteiger partial charge in [-0.2, -0.15) is 8.78 Å². The molecule has 4 rings (SSSR count). The minimum Gasteiger partial charge on any atom is -0.490 e. The van der Waals surface area contributed by atoms with E-state index in [1.165, 1.54) is 12.3 Å². The highest BCUT2D eigenvalue weighted by atomic mass is 35.5. The lowest BCUT2D eigenvalue weighted by molar-refractivity contribution is -0.0987. The number of amides is 1. The second-order valence-electron chi connectivity index (χ2n) is 8.35. The molecule has 1 aliphatic heterocycles. The summed E-state index contributed by atoms with van der Waals surface area (Å²) in [6.07, 6.45) is 1.48. The SMILES string of the molecule is C=O.C=O.COCN(C)c1cc(Cl)cnc1C(=O)N1CCOc2ccccc21.Cc1ccc(C)c(C(F)(F)P)c1. The van der Waals surface area contributed by atoms with Gasteiger partial charge in [-0.1, -0.05) is 50.7 Å². The third-order valence-corrected chi connectivity index (χ3v) is 6.01. The lowest BCUT2D eigenvalue weighted by Gasteiger charge is -2.30. The van der Waals surface area contributed by atoms with Crippen LogP contribution >= 0.6 is 20.8 Å². The van der Waals surface area contributed by atoms with Crippen molar-refractivity contribution in [2.75, 3.05) is 43.8 Å². The Morgan fingerprint density at radius 2 is 1.82 bits per heavy atom. The van der Waals surface area contributed by atoms with Crippen LogP contribution in [-0.2, 0) is 20.0 Å². The van der Waals surface area contributed by atoms with Gasteiger partial charge in [-0.15, -0.1) is 0 Å². The van der Waals surface area contributed by atoms with Gasteiger partial charge in [0, 0.05) is 25.9 Å². The fraction of sp³-hybridized carbons (Fsp3) is 0.286. The average Bonchev–Trinajstić information content (AvgIpc) is 2.95. The Kier molecular flexibility index (Phi) is 14.3. The van der Waals surface area contributed by atoms with Crippen molar-refractivity contribution in [1.82, 2.24) is 4.98 Å². The first-order valence-corrected chi connectivity index (χ1v) is 12.7. The minimum absolute atomic E-state index is 0.0903. The van der Waals surface area contributed by atoms with E-state index in [2.05, 4.69) is 4.98 Å². The van der Waals surface area contributed by atoms with Crippen LogP contribution in [0.25, 0.3) is 0 Å². The molecule has 12 heteroatoms. The van der Waals surface area contributed by atoms with Crippen LogP contribution in [0, 0.1) is 13.8 Å². The van der Waals surface area contributed by atoms with E-state index in [1.807, 2.05) is 51.0 Å². The van der Waals surface area contributed by atoms with E-state index in [0.29, 0.717) is 47.6 Å². The molecule has 0 saturated heterocycles. The lowest BCUT2D eigenvalue weighted by Crippen LogP contribution is -2.39. The number of anilines is 2. The van der Waals surface area contributed by atoms with E-state index in [1.54, 1.807) is 52.1 Å². The number of fused-ring (bicyclic) bond motifs is 1. The molecule has 1 unspecified atom stereocenters. The predicted molar refractivity (Wildman–Crippen MR) is 157 cm³/mol. The van der Waals surface area contributed by atoms with Gasteiger partial charge in [0.25, 0.3) is 11.6 Å². The molecule has 1 aliphatic rings. The maximum absolute atomic E-state index is 13.1. The molecule has 1 amide bonds. The number of benzene rings is 2. The zero-order valence-electron chi connectivity index (χ0n) is 22.8. The van der Waals surface area contributed by atoms with Crippen LogP contribution in [0.4, 0.5) is 20.2 Å². The number of hydrogen-bond acceptors (Lipinski definition) is 7. The van der Waals surface area contributed by atoms with Crippen LogP contribution in [-0.4, -0.2) is 58.5 Å². The van der Waals surface area contributed by atoms with Crippen LogP contribution in [0.1, 0.15) is 27.2 Å². The Morgan fingerprint density at radius 3 is 2.42 bits per heavy atom. The standard InChI is InChI=1S/C17H18ClN3O3.C9H11F2P.2CH2O/c1-20(11-23-2)14-9-12(18)10-19-16(14)17(22)21-7-8-24-15-6-4-3-5-13(15)21;1-6-3-4-7(2)8(5-6)9(10,11)12;2*1-2/h3-6,9-10H,7-8,11H2,1-2H3;3-5H,12H2,1-2H3;2*1H2. The van der Waals surface area contributed by atoms with Gasteiger partial charge in [0.1, 0.15) is 32.7 Å². The Morgan fingerprint density at radius 1 is 1.18 bits per heavy atom. The number of aryl methyl sites for hydroxylation is 2. The number of alkyl halides is 2. The van der Waals surface area contributed by atoms with Crippen molar-refractivity contribution in [3.05, 3.63) is 82.1 Å². The number of pyridine rings is 1. The van der Waals surface area contributed by atoms with Crippen molar-refractivity contribution in [2.24, 2.45) is 0 Å². The Hall–Kier alpha value is -3.46. The maximum atomic E-state index is 13.1. The van der Waals surface area contributed by atoms with Crippen molar-refractivity contribution in [1.29, 1.82) is 0 Å². The zero-order chi connectivity index (χ0) is 30.5. The zero-order valence-corrected chi connectivity index (χ0v) is 24.7. The molecule has 8 nitrogen and oxygen atoms in total. The molecule has 0 bridgehead atoms. The highest BCUT2D eigenvalue weighted by molar-refractivity contribution is 7.17. The predicted octanol–water partition coefficient (Wildman–Crippen LogP) is 5.67. The number of carbonyl (C=O) groups is 3. The summed E-state index contributed by atoms with van der Waals surface area (Å²) in [6, 6.07) is 14.2. The molecule has 2 aromatic carbocycles. The fourth-order valence-electron chi connectivity index (χ4n) is 3.75. The van der Waals surface area contributed by atoms with Gasteiger partial charge in [0.2, 0.25) is 0 Å². The van der Waals surface area contributed by atoms with Crippen LogP contribution in [0.2, 0.25) is 5.02 Å². The second kappa shape index (κ2) is 16.6. The summed E-state index contributed by atoms with van der Waals surface area (Å²) in [5.74, 6) is 0.498. The molecule has 0 radical (unpaired) electrons. The largest absolute Gasteiger partial charge is 0.490 e. The van der Waals surface area contributed by atoms with Gasteiger partial charge in [0.15, 0.2) is 5.69 Å². The summed E-state index contributed by atoms with van der Waals surface area (Å²) in [4.78, 5) is 36.8. The van der Waals surface area contributed by atoms with Crippen molar-refractivity contribution in [3.63, 3.8) is 0 Å². The molecule has 216 valence electrons. The highest BCUT2D eigenvalue weighted by Gasteiger charge is 2.28. The molecule has 3 aromatic rings. The molecule has 0 aliphatic carbocycles. The number of aromatic nitrogens is 1. The number of rotatable bonds is 5. The van der Waals surface area contributed by atoms with Gasteiger partial charge in [-0.25, -0.2) is 4.98 Å². The maximum Gasteiger partial charge on any atom is 0.284 e. The van der Waals surface area contributed by atoms with Gasteiger partial charge in [-0.3, -0.25) is 4.79 Å². The molecular weight excluding hydrogens is 563 g/mol. The monoisotopic (exact) mass is 595 g/mol. The molecular formula is C28H33ClF2N3O5P. The first kappa shape index (κ1) is 34.6. The second-order valence-corrected chi connectivity index (χ2v) is 9.51. The number of methoxy groups -OCH3 is 1. The lowest BCUT2D eigenvalue weighted by atomic mass is 10.1. The Bertz CT molecular complexity index is 1260. The summed E-state index contributed by atoms with van der Waals surface area (Å²) in [5.41, 5.74) is 0.460. The molecule has 1 aromatic heterocycles. The minimum atomic E-state index is -2.81. The third kappa shape index (κ3) is 9.33. The van der Waals surface area contributed by atoms with Crippen molar-refractivity contribution in [2.45, 2.75) is 19.5 Å². The number of ether oxygens (including phenoxy) is 2. The molecule has 40 heavy (non-hydrogen) atoms. The average molecular weight is 596 g/mol. The van der Waals surface area contributed by atoms with E-state index in [4.69, 9.17) is 30.7 Å². The van der Waals surface area contributed by atoms with Crippen molar-refractivity contribution in [3.8, 4) is 5.75 Å².